The van der Waals surface area contributed by atoms with Gasteiger partial charge in [0.1, 0.15) is 16.4 Å². The van der Waals surface area contributed by atoms with Gasteiger partial charge in [0.25, 0.3) is 0 Å². The van der Waals surface area contributed by atoms with E-state index in [0.29, 0.717) is 51.5 Å². The third kappa shape index (κ3) is 4.48. The summed E-state index contributed by atoms with van der Waals surface area (Å²) in [5.74, 6) is 1.53. The summed E-state index contributed by atoms with van der Waals surface area (Å²) in [6, 6.07) is 5.74. The largest absolute Gasteiger partial charge is 0.493 e. The molecule has 7 nitrogen and oxygen atoms in total. The van der Waals surface area contributed by atoms with Gasteiger partial charge in [0.05, 0.1) is 18.8 Å². The molecule has 3 rings (SSSR count). The number of fused-ring (bicyclic) bond motifs is 1. The van der Waals surface area contributed by atoms with Crippen LogP contribution in [0.15, 0.2) is 18.2 Å². The van der Waals surface area contributed by atoms with E-state index in [2.05, 4.69) is 4.90 Å². The standard InChI is InChI=1S/C18H26N2O5S/c1-24-16-5-3-4-14-12-15(13-25-17(14)16)18(21)20-8-6-19(7-9-20)10-11-26(2,22)23/h3-5,15H,6-13H2,1-2H3. The first-order valence-corrected chi connectivity index (χ1v) is 10.9. The van der Waals surface area contributed by atoms with Gasteiger partial charge in [-0.3, -0.25) is 9.69 Å². The number of nitrogens with zero attached hydrogens (tertiary/aromatic N) is 2. The van der Waals surface area contributed by atoms with Crippen molar-refractivity contribution in [2.45, 2.75) is 6.42 Å². The molecule has 0 N–H and O–H groups in total. The highest BCUT2D eigenvalue weighted by atomic mass is 32.2. The van der Waals surface area contributed by atoms with Crippen LogP contribution in [0.5, 0.6) is 11.5 Å². The van der Waals surface area contributed by atoms with E-state index in [-0.39, 0.29) is 17.6 Å². The number of methoxy groups -OCH3 is 1. The van der Waals surface area contributed by atoms with Crippen LogP contribution in [0, 0.1) is 5.92 Å². The van der Waals surface area contributed by atoms with Gasteiger partial charge in [-0.05, 0) is 18.1 Å². The maximum Gasteiger partial charge on any atom is 0.229 e. The Morgan fingerprint density at radius 1 is 1.27 bits per heavy atom. The molecule has 2 aliphatic heterocycles. The van der Waals surface area contributed by atoms with Crippen molar-refractivity contribution in [3.05, 3.63) is 23.8 Å². The second-order valence-corrected chi connectivity index (χ2v) is 9.22. The zero-order valence-corrected chi connectivity index (χ0v) is 16.1. The number of benzene rings is 1. The van der Waals surface area contributed by atoms with E-state index >= 15 is 0 Å². The molecule has 8 heteroatoms. The van der Waals surface area contributed by atoms with Crippen LogP contribution < -0.4 is 9.47 Å². The van der Waals surface area contributed by atoms with Crippen LogP contribution in [0.25, 0.3) is 0 Å². The summed E-state index contributed by atoms with van der Waals surface area (Å²) in [6.07, 6.45) is 1.91. The molecule has 2 heterocycles. The highest BCUT2D eigenvalue weighted by Gasteiger charge is 2.32. The summed E-state index contributed by atoms with van der Waals surface area (Å²) in [6.45, 7) is 3.56. The number of hydrogen-bond donors (Lipinski definition) is 0. The fraction of sp³-hybridized carbons (Fsp3) is 0.611. The van der Waals surface area contributed by atoms with Crippen molar-refractivity contribution in [1.82, 2.24) is 9.80 Å². The lowest BCUT2D eigenvalue weighted by Gasteiger charge is -2.37. The Morgan fingerprint density at radius 2 is 2.00 bits per heavy atom. The van der Waals surface area contributed by atoms with Crippen molar-refractivity contribution < 1.29 is 22.7 Å². The number of amides is 1. The minimum Gasteiger partial charge on any atom is -0.493 e. The fourth-order valence-electron chi connectivity index (χ4n) is 3.46. The Hall–Kier alpha value is -1.80. The molecule has 2 aliphatic rings. The number of carbonyl (C=O) groups is 1. The highest BCUT2D eigenvalue weighted by Crippen LogP contribution is 2.36. The molecule has 1 aromatic carbocycles. The molecule has 0 aromatic heterocycles. The Labute approximate surface area is 154 Å². The first kappa shape index (κ1) is 19.0. The average molecular weight is 382 g/mol. The van der Waals surface area contributed by atoms with Crippen molar-refractivity contribution in [2.75, 3.05) is 58.4 Å². The van der Waals surface area contributed by atoms with Crippen molar-refractivity contribution in [3.8, 4) is 11.5 Å². The molecule has 1 fully saturated rings. The van der Waals surface area contributed by atoms with Gasteiger partial charge in [-0.15, -0.1) is 0 Å². The second-order valence-electron chi connectivity index (χ2n) is 6.96. The van der Waals surface area contributed by atoms with Crippen LogP contribution in [0.1, 0.15) is 5.56 Å². The molecule has 144 valence electrons. The van der Waals surface area contributed by atoms with E-state index in [4.69, 9.17) is 9.47 Å². The molecule has 1 amide bonds. The zero-order chi connectivity index (χ0) is 18.7. The van der Waals surface area contributed by atoms with Gasteiger partial charge >= 0.3 is 0 Å². The molecule has 0 saturated carbocycles. The summed E-state index contributed by atoms with van der Waals surface area (Å²) in [7, 11) is -1.34. The Bertz CT molecular complexity index is 757. The number of ether oxygens (including phenoxy) is 2. The number of piperazine rings is 1. The van der Waals surface area contributed by atoms with Crippen molar-refractivity contribution in [2.24, 2.45) is 5.92 Å². The predicted octanol–water partition coefficient (Wildman–Crippen LogP) is 0.435. The van der Waals surface area contributed by atoms with Crippen LogP contribution in [0.4, 0.5) is 0 Å². The lowest BCUT2D eigenvalue weighted by Crippen LogP contribution is -2.52. The summed E-state index contributed by atoms with van der Waals surface area (Å²) < 4.78 is 33.7. The minimum atomic E-state index is -2.95. The smallest absolute Gasteiger partial charge is 0.229 e. The molecule has 26 heavy (non-hydrogen) atoms. The molecule has 0 spiro atoms. The van der Waals surface area contributed by atoms with Crippen LogP contribution >= 0.6 is 0 Å². The first-order chi connectivity index (χ1) is 12.4. The molecule has 1 saturated heterocycles. The van der Waals surface area contributed by atoms with E-state index in [9.17, 15) is 13.2 Å². The molecular formula is C18H26N2O5S. The Morgan fingerprint density at radius 3 is 2.65 bits per heavy atom. The van der Waals surface area contributed by atoms with Crippen LogP contribution in [0.3, 0.4) is 0 Å². The maximum absolute atomic E-state index is 12.8. The quantitative estimate of drug-likeness (QED) is 0.735. The van der Waals surface area contributed by atoms with Gasteiger partial charge in [0.15, 0.2) is 11.5 Å². The number of para-hydroxylation sites is 1. The highest BCUT2D eigenvalue weighted by molar-refractivity contribution is 7.90. The van der Waals surface area contributed by atoms with Crippen molar-refractivity contribution in [1.29, 1.82) is 0 Å². The third-order valence-corrected chi connectivity index (χ3v) is 5.91. The Balaban J connectivity index is 1.54. The van der Waals surface area contributed by atoms with Crippen LogP contribution in [0.2, 0.25) is 0 Å². The number of hydrogen-bond acceptors (Lipinski definition) is 6. The lowest BCUT2D eigenvalue weighted by atomic mass is 9.95. The molecule has 0 radical (unpaired) electrons. The van der Waals surface area contributed by atoms with Crippen LogP contribution in [-0.4, -0.2) is 82.6 Å². The number of rotatable bonds is 5. The van der Waals surface area contributed by atoms with Gasteiger partial charge in [-0.1, -0.05) is 12.1 Å². The van der Waals surface area contributed by atoms with Gasteiger partial charge < -0.3 is 14.4 Å². The third-order valence-electron chi connectivity index (χ3n) is 4.99. The maximum atomic E-state index is 12.8. The van der Waals surface area contributed by atoms with Crippen LogP contribution in [-0.2, 0) is 21.1 Å². The monoisotopic (exact) mass is 382 g/mol. The van der Waals surface area contributed by atoms with E-state index in [1.165, 1.54) is 6.26 Å². The van der Waals surface area contributed by atoms with E-state index in [1.54, 1.807) is 7.11 Å². The van der Waals surface area contributed by atoms with E-state index in [0.717, 1.165) is 11.3 Å². The SMILES string of the molecule is COc1cccc2c1OCC(C(=O)N1CCN(CCS(C)(=O)=O)CC1)C2. The minimum absolute atomic E-state index is 0.112. The number of carbonyl (C=O) groups excluding carboxylic acids is 1. The molecule has 1 unspecified atom stereocenters. The van der Waals surface area contributed by atoms with Gasteiger partial charge in [-0.25, -0.2) is 8.42 Å². The summed E-state index contributed by atoms with van der Waals surface area (Å²) >= 11 is 0. The van der Waals surface area contributed by atoms with Gasteiger partial charge in [-0.2, -0.15) is 0 Å². The summed E-state index contributed by atoms with van der Waals surface area (Å²) in [5, 5.41) is 0. The first-order valence-electron chi connectivity index (χ1n) is 8.85. The van der Waals surface area contributed by atoms with Crippen molar-refractivity contribution >= 4 is 15.7 Å². The normalized spacial score (nSPS) is 21.0. The molecule has 0 aliphatic carbocycles. The predicted molar refractivity (Wildman–Crippen MR) is 98.4 cm³/mol. The Kier molecular flexibility index (Phi) is 5.72. The molecule has 1 atom stereocenters. The van der Waals surface area contributed by atoms with Crippen molar-refractivity contribution in [3.63, 3.8) is 0 Å². The second kappa shape index (κ2) is 7.84. The average Bonchev–Trinajstić information content (AvgIpc) is 2.64. The lowest BCUT2D eigenvalue weighted by molar-refractivity contribution is -0.138. The number of sulfone groups is 1. The van der Waals surface area contributed by atoms with E-state index in [1.807, 2.05) is 23.1 Å². The summed E-state index contributed by atoms with van der Waals surface area (Å²) in [5.41, 5.74) is 1.00. The molecular weight excluding hydrogens is 356 g/mol. The topological polar surface area (TPSA) is 76.2 Å². The molecule has 0 bridgehead atoms. The zero-order valence-electron chi connectivity index (χ0n) is 15.3. The summed E-state index contributed by atoms with van der Waals surface area (Å²) in [4.78, 5) is 16.8. The fourth-order valence-corrected chi connectivity index (χ4v) is 4.05. The molecule has 1 aromatic rings. The van der Waals surface area contributed by atoms with Gasteiger partial charge in [0, 0.05) is 39.0 Å². The van der Waals surface area contributed by atoms with E-state index < -0.39 is 9.84 Å². The van der Waals surface area contributed by atoms with Gasteiger partial charge in [0.2, 0.25) is 5.91 Å².